The Balaban J connectivity index is 1.77. The van der Waals surface area contributed by atoms with Gasteiger partial charge >= 0.3 is 0 Å². The van der Waals surface area contributed by atoms with Crippen molar-refractivity contribution in [3.05, 3.63) is 61.5 Å². The van der Waals surface area contributed by atoms with Crippen molar-refractivity contribution in [2.45, 2.75) is 25.3 Å². The van der Waals surface area contributed by atoms with E-state index in [4.69, 9.17) is 11.6 Å². The highest BCUT2D eigenvalue weighted by Gasteiger charge is 2.19. The Bertz CT molecular complexity index is 642. The van der Waals surface area contributed by atoms with Crippen molar-refractivity contribution in [1.82, 2.24) is 0 Å². The first-order chi connectivity index (χ1) is 9.61. The standard InChI is InChI=1S/C16H14Br2ClN/c17-12-3-1-11-8-14(5-2-10(11)7-12)20-16-9-13(19)4-6-15(16)18/h1,3-4,6-7,9,14,20H,2,5,8H2. The Hall–Kier alpha value is -0.510. The normalized spacial score (nSPS) is 17.6. The van der Waals surface area contributed by atoms with E-state index < -0.39 is 0 Å². The summed E-state index contributed by atoms with van der Waals surface area (Å²) in [5, 5.41) is 4.36. The van der Waals surface area contributed by atoms with Crippen molar-refractivity contribution in [2.75, 3.05) is 5.32 Å². The summed E-state index contributed by atoms with van der Waals surface area (Å²) in [5.74, 6) is 0. The summed E-state index contributed by atoms with van der Waals surface area (Å²) < 4.78 is 2.23. The quantitative estimate of drug-likeness (QED) is 0.650. The summed E-state index contributed by atoms with van der Waals surface area (Å²) >= 11 is 13.2. The maximum absolute atomic E-state index is 6.07. The molecule has 1 atom stereocenters. The van der Waals surface area contributed by atoms with E-state index in [9.17, 15) is 0 Å². The molecule has 1 unspecified atom stereocenters. The van der Waals surface area contributed by atoms with Crippen LogP contribution in [0.5, 0.6) is 0 Å². The molecule has 0 saturated heterocycles. The summed E-state index contributed by atoms with van der Waals surface area (Å²) in [7, 11) is 0. The van der Waals surface area contributed by atoms with Gasteiger partial charge in [-0.15, -0.1) is 0 Å². The highest BCUT2D eigenvalue weighted by molar-refractivity contribution is 9.10. The fourth-order valence-corrected chi connectivity index (χ4v) is 3.62. The zero-order chi connectivity index (χ0) is 14.1. The highest BCUT2D eigenvalue weighted by Crippen LogP contribution is 2.30. The largest absolute Gasteiger partial charge is 0.381 e. The smallest absolute Gasteiger partial charge is 0.0501 e. The van der Waals surface area contributed by atoms with E-state index >= 15 is 0 Å². The van der Waals surface area contributed by atoms with Crippen molar-refractivity contribution in [3.63, 3.8) is 0 Å². The van der Waals surface area contributed by atoms with Crippen molar-refractivity contribution in [3.8, 4) is 0 Å². The summed E-state index contributed by atoms with van der Waals surface area (Å²) in [5.41, 5.74) is 3.97. The lowest BCUT2D eigenvalue weighted by atomic mass is 9.88. The molecule has 104 valence electrons. The molecule has 0 fully saturated rings. The maximum atomic E-state index is 6.07. The molecule has 0 spiro atoms. The summed E-state index contributed by atoms with van der Waals surface area (Å²) in [6, 6.07) is 12.9. The van der Waals surface area contributed by atoms with Crippen LogP contribution in [0.25, 0.3) is 0 Å². The molecule has 4 heteroatoms. The van der Waals surface area contributed by atoms with E-state index in [-0.39, 0.29) is 0 Å². The Kier molecular flexibility index (Phi) is 4.39. The van der Waals surface area contributed by atoms with Crippen LogP contribution < -0.4 is 5.32 Å². The van der Waals surface area contributed by atoms with Gasteiger partial charge in [-0.25, -0.2) is 0 Å². The van der Waals surface area contributed by atoms with Crippen LogP contribution >= 0.6 is 43.5 Å². The SMILES string of the molecule is Clc1ccc(Br)c(NC2CCc3cc(Br)ccc3C2)c1. The van der Waals surface area contributed by atoms with Gasteiger partial charge < -0.3 is 5.32 Å². The molecule has 1 aliphatic carbocycles. The first kappa shape index (κ1) is 14.4. The van der Waals surface area contributed by atoms with Crippen LogP contribution in [-0.4, -0.2) is 6.04 Å². The van der Waals surface area contributed by atoms with E-state index in [1.165, 1.54) is 15.6 Å². The van der Waals surface area contributed by atoms with E-state index in [1.54, 1.807) is 0 Å². The molecule has 0 amide bonds. The second-order valence-corrected chi connectivity index (χ2v) is 7.33. The van der Waals surface area contributed by atoms with Gasteiger partial charge in [0.2, 0.25) is 0 Å². The highest BCUT2D eigenvalue weighted by atomic mass is 79.9. The fraction of sp³-hybridized carbons (Fsp3) is 0.250. The minimum Gasteiger partial charge on any atom is -0.381 e. The third-order valence-electron chi connectivity index (χ3n) is 3.68. The number of hydrogen-bond donors (Lipinski definition) is 1. The molecule has 1 nitrogen and oxygen atoms in total. The number of hydrogen-bond acceptors (Lipinski definition) is 1. The molecule has 2 aromatic rings. The van der Waals surface area contributed by atoms with Crippen LogP contribution in [0.1, 0.15) is 17.5 Å². The number of halogens is 3. The summed E-state index contributed by atoms with van der Waals surface area (Å²) in [4.78, 5) is 0. The Morgan fingerprint density at radius 3 is 2.75 bits per heavy atom. The van der Waals surface area contributed by atoms with Crippen molar-refractivity contribution in [1.29, 1.82) is 0 Å². The Labute approximate surface area is 141 Å². The maximum Gasteiger partial charge on any atom is 0.0501 e. The lowest BCUT2D eigenvalue weighted by Crippen LogP contribution is -2.27. The second kappa shape index (κ2) is 6.08. The number of benzene rings is 2. The van der Waals surface area contributed by atoms with Gasteiger partial charge in [-0.3, -0.25) is 0 Å². The van der Waals surface area contributed by atoms with Crippen molar-refractivity contribution in [2.24, 2.45) is 0 Å². The molecular weight excluding hydrogens is 401 g/mol. The monoisotopic (exact) mass is 413 g/mol. The number of anilines is 1. The molecule has 20 heavy (non-hydrogen) atoms. The number of aryl methyl sites for hydroxylation is 1. The van der Waals surface area contributed by atoms with E-state index in [1.807, 2.05) is 18.2 Å². The molecule has 0 saturated carbocycles. The molecule has 0 bridgehead atoms. The molecule has 0 aromatic heterocycles. The van der Waals surface area contributed by atoms with Gasteiger partial charge in [0, 0.05) is 20.0 Å². The molecule has 0 radical (unpaired) electrons. The van der Waals surface area contributed by atoms with Crippen LogP contribution in [0.2, 0.25) is 5.02 Å². The van der Waals surface area contributed by atoms with Gasteiger partial charge in [0.1, 0.15) is 0 Å². The van der Waals surface area contributed by atoms with Crippen LogP contribution in [0.15, 0.2) is 45.3 Å². The fourth-order valence-electron chi connectivity index (χ4n) is 2.67. The first-order valence-electron chi connectivity index (χ1n) is 6.61. The van der Waals surface area contributed by atoms with E-state index in [0.29, 0.717) is 6.04 Å². The van der Waals surface area contributed by atoms with Gasteiger partial charge in [0.05, 0.1) is 5.69 Å². The molecule has 1 aliphatic rings. The Morgan fingerprint density at radius 1 is 1.05 bits per heavy atom. The predicted molar refractivity (Wildman–Crippen MR) is 92.7 cm³/mol. The summed E-state index contributed by atoms with van der Waals surface area (Å²) in [6.45, 7) is 0. The predicted octanol–water partition coefficient (Wildman–Crippen LogP) is 5.83. The molecule has 0 heterocycles. The number of nitrogens with one attached hydrogen (secondary N) is 1. The minimum atomic E-state index is 0.457. The van der Waals surface area contributed by atoms with Gasteiger partial charge in [-0.05, 0) is 76.7 Å². The van der Waals surface area contributed by atoms with E-state index in [0.717, 1.165) is 34.4 Å². The topological polar surface area (TPSA) is 12.0 Å². The zero-order valence-corrected chi connectivity index (χ0v) is 14.7. The molecular formula is C16H14Br2ClN. The molecule has 1 N–H and O–H groups in total. The van der Waals surface area contributed by atoms with Crippen LogP contribution in [-0.2, 0) is 12.8 Å². The van der Waals surface area contributed by atoms with Crippen molar-refractivity contribution >= 4 is 49.1 Å². The number of fused-ring (bicyclic) bond motifs is 1. The Morgan fingerprint density at radius 2 is 1.90 bits per heavy atom. The lowest BCUT2D eigenvalue weighted by Gasteiger charge is -2.27. The third kappa shape index (κ3) is 3.21. The zero-order valence-electron chi connectivity index (χ0n) is 10.8. The molecule has 3 rings (SSSR count). The molecule has 2 aromatic carbocycles. The van der Waals surface area contributed by atoms with Crippen LogP contribution in [0.4, 0.5) is 5.69 Å². The molecule has 0 aliphatic heterocycles. The average molecular weight is 416 g/mol. The average Bonchev–Trinajstić information content (AvgIpc) is 2.43. The summed E-state index contributed by atoms with van der Waals surface area (Å²) in [6.07, 6.45) is 3.31. The van der Waals surface area contributed by atoms with E-state index in [2.05, 4.69) is 55.4 Å². The van der Waals surface area contributed by atoms with Crippen LogP contribution in [0, 0.1) is 0 Å². The van der Waals surface area contributed by atoms with Gasteiger partial charge in [-0.1, -0.05) is 33.6 Å². The number of rotatable bonds is 2. The lowest BCUT2D eigenvalue weighted by molar-refractivity contribution is 0.610. The van der Waals surface area contributed by atoms with Crippen LogP contribution in [0.3, 0.4) is 0 Å². The third-order valence-corrected chi connectivity index (χ3v) is 5.10. The van der Waals surface area contributed by atoms with Crippen molar-refractivity contribution < 1.29 is 0 Å². The van der Waals surface area contributed by atoms with Gasteiger partial charge in [0.25, 0.3) is 0 Å². The first-order valence-corrected chi connectivity index (χ1v) is 8.57. The van der Waals surface area contributed by atoms with Gasteiger partial charge in [0.15, 0.2) is 0 Å². The minimum absolute atomic E-state index is 0.457. The van der Waals surface area contributed by atoms with Gasteiger partial charge in [-0.2, -0.15) is 0 Å². The second-order valence-electron chi connectivity index (χ2n) is 5.12.